The Morgan fingerprint density at radius 1 is 1.10 bits per heavy atom. The molecule has 0 atom stereocenters. The topological polar surface area (TPSA) is 49.2 Å². The third-order valence-electron chi connectivity index (χ3n) is 6.36. The third-order valence-corrected chi connectivity index (χ3v) is 6.36. The number of aryl methyl sites for hydroxylation is 1. The van der Waals surface area contributed by atoms with Gasteiger partial charge in [-0.15, -0.1) is 0 Å². The number of nitrogens with zero attached hydrogens (tertiary/aromatic N) is 1. The number of oxazole rings is 1. The van der Waals surface area contributed by atoms with E-state index in [1.165, 1.54) is 36.8 Å². The Hall–Kier alpha value is -2.40. The van der Waals surface area contributed by atoms with Crippen molar-refractivity contribution in [2.24, 2.45) is 0 Å². The van der Waals surface area contributed by atoms with Crippen molar-refractivity contribution in [2.45, 2.75) is 57.4 Å². The van der Waals surface area contributed by atoms with Crippen LogP contribution in [0.4, 0.5) is 4.39 Å². The molecule has 0 radical (unpaired) electrons. The van der Waals surface area contributed by atoms with Gasteiger partial charge in [0.05, 0.1) is 5.52 Å². The normalized spacial score (nSPS) is 19.8. The molecule has 1 fully saturated rings. The molecule has 1 aliphatic rings. The fraction of sp³-hybridized carbons (Fsp3) is 0.458. The number of H-pyrrole nitrogens is 1. The number of aromatic nitrogens is 1. The number of fused-ring (bicyclic) bond motifs is 1. The molecule has 1 N–H and O–H groups in total. The molecule has 0 aliphatic heterocycles. The highest BCUT2D eigenvalue weighted by atomic mass is 19.1. The van der Waals surface area contributed by atoms with Crippen molar-refractivity contribution >= 4 is 11.1 Å². The van der Waals surface area contributed by atoms with E-state index >= 15 is 0 Å². The lowest BCUT2D eigenvalue weighted by Gasteiger charge is -2.36. The zero-order valence-electron chi connectivity index (χ0n) is 17.0. The molecule has 3 aromatic rings. The number of hydrogen-bond acceptors (Lipinski definition) is 3. The Labute approximate surface area is 170 Å². The second-order valence-corrected chi connectivity index (χ2v) is 8.13. The highest BCUT2D eigenvalue weighted by Gasteiger charge is 2.25. The molecule has 1 aromatic heterocycles. The number of aromatic amines is 1. The van der Waals surface area contributed by atoms with Crippen LogP contribution >= 0.6 is 0 Å². The maximum atomic E-state index is 13.2. The fourth-order valence-electron chi connectivity index (χ4n) is 4.74. The van der Waals surface area contributed by atoms with E-state index in [4.69, 9.17) is 4.42 Å². The molecule has 154 valence electrons. The predicted molar refractivity (Wildman–Crippen MR) is 114 cm³/mol. The van der Waals surface area contributed by atoms with Gasteiger partial charge >= 0.3 is 5.76 Å². The third kappa shape index (κ3) is 4.78. The minimum Gasteiger partial charge on any atom is -0.408 e. The number of benzene rings is 2. The monoisotopic (exact) mass is 396 g/mol. The summed E-state index contributed by atoms with van der Waals surface area (Å²) in [4.78, 5) is 16.6. The first-order chi connectivity index (χ1) is 14.1. The van der Waals surface area contributed by atoms with Crippen LogP contribution in [0.3, 0.4) is 0 Å². The van der Waals surface area contributed by atoms with Gasteiger partial charge in [-0.3, -0.25) is 4.98 Å². The van der Waals surface area contributed by atoms with Crippen LogP contribution in [0.25, 0.3) is 11.1 Å². The van der Waals surface area contributed by atoms with E-state index in [-0.39, 0.29) is 5.82 Å². The van der Waals surface area contributed by atoms with Crippen LogP contribution < -0.4 is 5.76 Å². The van der Waals surface area contributed by atoms with Gasteiger partial charge in [-0.2, -0.15) is 0 Å². The Morgan fingerprint density at radius 2 is 1.86 bits per heavy atom. The Kier molecular flexibility index (Phi) is 6.14. The molecule has 1 aliphatic carbocycles. The van der Waals surface area contributed by atoms with E-state index in [0.717, 1.165) is 31.4 Å². The summed E-state index contributed by atoms with van der Waals surface area (Å²) in [5.41, 5.74) is 3.88. The lowest BCUT2D eigenvalue weighted by molar-refractivity contribution is 0.154. The van der Waals surface area contributed by atoms with E-state index in [0.29, 0.717) is 17.5 Å². The SMILES string of the molecule is CCN(CCCc1ccc2[nH]c(=O)oc2c1)[C@H]1CC[C@H](c2ccc(F)cc2)CC1. The molecule has 0 spiro atoms. The van der Waals surface area contributed by atoms with Gasteiger partial charge in [-0.1, -0.05) is 25.1 Å². The molecule has 4 rings (SSSR count). The van der Waals surface area contributed by atoms with Crippen molar-refractivity contribution in [3.63, 3.8) is 0 Å². The summed E-state index contributed by atoms with van der Waals surface area (Å²) in [5.74, 6) is 0.0104. The summed E-state index contributed by atoms with van der Waals surface area (Å²) < 4.78 is 18.3. The van der Waals surface area contributed by atoms with Crippen LogP contribution in [-0.2, 0) is 6.42 Å². The summed E-state index contributed by atoms with van der Waals surface area (Å²) in [7, 11) is 0. The molecule has 29 heavy (non-hydrogen) atoms. The van der Waals surface area contributed by atoms with Gasteiger partial charge in [0.15, 0.2) is 5.58 Å². The van der Waals surface area contributed by atoms with Gasteiger partial charge in [0.1, 0.15) is 5.82 Å². The zero-order valence-corrected chi connectivity index (χ0v) is 17.0. The number of nitrogens with one attached hydrogen (secondary N) is 1. The van der Waals surface area contributed by atoms with Crippen LogP contribution in [0.15, 0.2) is 51.7 Å². The predicted octanol–water partition coefficient (Wildman–Crippen LogP) is 5.24. The minimum absolute atomic E-state index is 0.155. The van der Waals surface area contributed by atoms with E-state index in [2.05, 4.69) is 22.9 Å². The standard InChI is InChI=1S/C24H29FN2O2/c1-2-27(15-3-4-17-5-14-22-23(16-17)29-24(28)26-22)21-12-8-19(9-13-21)18-6-10-20(25)11-7-18/h5-7,10-11,14,16,19,21H,2-4,8-9,12-13,15H2,1H3,(H,26,28)/t19-,21-. The molecule has 0 bridgehead atoms. The van der Waals surface area contributed by atoms with Crippen LogP contribution in [0.2, 0.25) is 0 Å². The molecule has 1 saturated carbocycles. The maximum absolute atomic E-state index is 13.2. The van der Waals surface area contributed by atoms with E-state index in [9.17, 15) is 9.18 Å². The zero-order chi connectivity index (χ0) is 20.2. The molecule has 2 aromatic carbocycles. The van der Waals surface area contributed by atoms with Gasteiger partial charge in [0.2, 0.25) is 0 Å². The highest BCUT2D eigenvalue weighted by Crippen LogP contribution is 2.34. The van der Waals surface area contributed by atoms with E-state index in [1.807, 2.05) is 24.3 Å². The Bertz CT molecular complexity index is 984. The summed E-state index contributed by atoms with van der Waals surface area (Å²) in [6.07, 6.45) is 6.83. The van der Waals surface area contributed by atoms with Gasteiger partial charge < -0.3 is 9.32 Å². The molecule has 0 amide bonds. The summed E-state index contributed by atoms with van der Waals surface area (Å²) in [6.45, 7) is 4.39. The number of halogens is 1. The highest BCUT2D eigenvalue weighted by molar-refractivity contribution is 5.72. The van der Waals surface area contributed by atoms with Crippen molar-refractivity contribution < 1.29 is 8.81 Å². The van der Waals surface area contributed by atoms with Crippen molar-refractivity contribution in [2.75, 3.05) is 13.1 Å². The molecule has 5 heteroatoms. The first kappa shape index (κ1) is 19.9. The second-order valence-electron chi connectivity index (χ2n) is 8.13. The lowest BCUT2D eigenvalue weighted by atomic mass is 9.81. The van der Waals surface area contributed by atoms with E-state index < -0.39 is 5.76 Å². The van der Waals surface area contributed by atoms with Gasteiger partial charge in [-0.25, -0.2) is 9.18 Å². The van der Waals surface area contributed by atoms with Crippen LogP contribution in [0.5, 0.6) is 0 Å². The van der Waals surface area contributed by atoms with E-state index in [1.54, 1.807) is 12.1 Å². The molecular formula is C24H29FN2O2. The first-order valence-electron chi connectivity index (χ1n) is 10.7. The number of hydrogen-bond donors (Lipinski definition) is 1. The molecule has 0 unspecified atom stereocenters. The van der Waals surface area contributed by atoms with Crippen molar-refractivity contribution in [1.29, 1.82) is 0 Å². The van der Waals surface area contributed by atoms with Gasteiger partial charge in [-0.05, 0) is 92.9 Å². The average Bonchev–Trinajstić information content (AvgIpc) is 3.11. The summed E-state index contributed by atoms with van der Waals surface area (Å²) >= 11 is 0. The number of rotatable bonds is 7. The van der Waals surface area contributed by atoms with Gasteiger partial charge in [0, 0.05) is 6.04 Å². The van der Waals surface area contributed by atoms with Gasteiger partial charge in [0.25, 0.3) is 0 Å². The maximum Gasteiger partial charge on any atom is 0.417 e. The molecular weight excluding hydrogens is 367 g/mol. The average molecular weight is 397 g/mol. The fourth-order valence-corrected chi connectivity index (χ4v) is 4.74. The summed E-state index contributed by atoms with van der Waals surface area (Å²) in [5, 5.41) is 0. The lowest BCUT2D eigenvalue weighted by Crippen LogP contribution is -2.38. The van der Waals surface area contributed by atoms with Crippen LogP contribution in [-0.4, -0.2) is 29.0 Å². The molecule has 1 heterocycles. The Balaban J connectivity index is 1.27. The molecule has 0 saturated heterocycles. The van der Waals surface area contributed by atoms with Crippen LogP contribution in [0, 0.1) is 5.82 Å². The van der Waals surface area contributed by atoms with Crippen molar-refractivity contribution in [3.05, 3.63) is 70.0 Å². The first-order valence-corrected chi connectivity index (χ1v) is 10.7. The van der Waals surface area contributed by atoms with Crippen LogP contribution in [0.1, 0.15) is 56.1 Å². The van der Waals surface area contributed by atoms with Crippen molar-refractivity contribution in [3.8, 4) is 0 Å². The smallest absolute Gasteiger partial charge is 0.408 e. The quantitative estimate of drug-likeness (QED) is 0.594. The molecule has 4 nitrogen and oxygen atoms in total. The largest absolute Gasteiger partial charge is 0.417 e. The summed E-state index contributed by atoms with van der Waals surface area (Å²) in [6, 6.07) is 13.6. The Morgan fingerprint density at radius 3 is 2.59 bits per heavy atom. The second kappa shape index (κ2) is 8.95. The minimum atomic E-state index is -0.398. The van der Waals surface area contributed by atoms with Crippen molar-refractivity contribution in [1.82, 2.24) is 9.88 Å².